The molecule has 1 saturated heterocycles. The zero-order chi connectivity index (χ0) is 17.3. The van der Waals surface area contributed by atoms with Gasteiger partial charge in [0.1, 0.15) is 5.60 Å². The first-order valence-electron chi connectivity index (χ1n) is 10.1. The molecule has 7 unspecified atom stereocenters. The molecule has 138 valence electrons. The van der Waals surface area contributed by atoms with E-state index in [0.29, 0.717) is 18.4 Å². The molecule has 3 aliphatic rings. The minimum absolute atomic E-state index is 0.500. The van der Waals surface area contributed by atoms with Gasteiger partial charge in [-0.15, -0.1) is 0 Å². The van der Waals surface area contributed by atoms with Gasteiger partial charge in [0, 0.05) is 0 Å². The van der Waals surface area contributed by atoms with Crippen molar-refractivity contribution in [2.75, 3.05) is 13.2 Å². The fourth-order valence-electron chi connectivity index (χ4n) is 5.58. The summed E-state index contributed by atoms with van der Waals surface area (Å²) in [6.07, 6.45) is 9.50. The van der Waals surface area contributed by atoms with Crippen molar-refractivity contribution in [3.63, 3.8) is 0 Å². The first-order chi connectivity index (χ1) is 11.5. The summed E-state index contributed by atoms with van der Waals surface area (Å²) in [5, 5.41) is 9.87. The van der Waals surface area contributed by atoms with Gasteiger partial charge in [0.25, 0.3) is 0 Å². The molecule has 0 aromatic heterocycles. The van der Waals surface area contributed by atoms with Crippen molar-refractivity contribution in [1.29, 1.82) is 0 Å². The van der Waals surface area contributed by atoms with E-state index in [2.05, 4.69) is 26.8 Å². The van der Waals surface area contributed by atoms with Crippen LogP contribution < -0.4 is 0 Å². The van der Waals surface area contributed by atoms with E-state index in [1.807, 2.05) is 6.92 Å². The van der Waals surface area contributed by atoms with Gasteiger partial charge in [-0.1, -0.05) is 45.3 Å². The maximum Gasteiger partial charge on any atom is 0.186 e. The molecule has 0 aromatic rings. The lowest BCUT2D eigenvalue weighted by Crippen LogP contribution is -2.59. The van der Waals surface area contributed by atoms with E-state index >= 15 is 0 Å². The third-order valence-corrected chi connectivity index (χ3v) is 7.06. The highest BCUT2D eigenvalue weighted by Gasteiger charge is 2.49. The average molecular weight is 337 g/mol. The molecule has 2 aliphatic carbocycles. The lowest BCUT2D eigenvalue weighted by Gasteiger charge is -2.51. The molecule has 7 atom stereocenters. The van der Waals surface area contributed by atoms with Gasteiger partial charge in [-0.2, -0.15) is 0 Å². The minimum atomic E-state index is -0.757. The van der Waals surface area contributed by atoms with Gasteiger partial charge in [0.05, 0.1) is 13.2 Å². The summed E-state index contributed by atoms with van der Waals surface area (Å²) >= 11 is 0. The summed E-state index contributed by atoms with van der Waals surface area (Å²) in [7, 11) is 0. The van der Waals surface area contributed by atoms with Gasteiger partial charge in [0.15, 0.2) is 6.29 Å². The van der Waals surface area contributed by atoms with Gasteiger partial charge in [-0.3, -0.25) is 0 Å². The predicted octanol–water partition coefficient (Wildman–Crippen LogP) is 4.55. The summed E-state index contributed by atoms with van der Waals surface area (Å²) in [6, 6.07) is 0. The second-order valence-corrected chi connectivity index (χ2v) is 8.51. The van der Waals surface area contributed by atoms with Gasteiger partial charge in [0.2, 0.25) is 0 Å². The first kappa shape index (κ1) is 18.4. The highest BCUT2D eigenvalue weighted by molar-refractivity contribution is 5.20. The molecular weight excluding hydrogens is 300 g/mol. The number of hydrogen-bond acceptors (Lipinski definition) is 3. The zero-order valence-electron chi connectivity index (χ0n) is 16.0. The molecule has 0 radical (unpaired) electrons. The second-order valence-electron chi connectivity index (χ2n) is 8.51. The van der Waals surface area contributed by atoms with Crippen molar-refractivity contribution in [2.45, 2.75) is 78.1 Å². The maximum atomic E-state index is 9.87. The molecule has 3 heteroatoms. The van der Waals surface area contributed by atoms with Gasteiger partial charge in [-0.25, -0.2) is 0 Å². The van der Waals surface area contributed by atoms with Crippen LogP contribution in [0.15, 0.2) is 11.6 Å². The summed E-state index contributed by atoms with van der Waals surface area (Å²) in [4.78, 5) is 0. The summed E-state index contributed by atoms with van der Waals surface area (Å²) in [5.41, 5.74) is 1.22. The van der Waals surface area contributed by atoms with Crippen LogP contribution in [0.5, 0.6) is 0 Å². The van der Waals surface area contributed by atoms with Crippen LogP contribution >= 0.6 is 0 Å². The SMILES string of the molecule is CCCC1C(C)C2=CCCCC2C(COC2(C)COC2O)C1CC. The Labute approximate surface area is 147 Å². The third kappa shape index (κ3) is 3.20. The fourth-order valence-corrected chi connectivity index (χ4v) is 5.58. The average Bonchev–Trinajstić information content (AvgIpc) is 2.61. The number of ether oxygens (including phenoxy) is 2. The van der Waals surface area contributed by atoms with Crippen LogP contribution in [-0.2, 0) is 9.47 Å². The van der Waals surface area contributed by atoms with E-state index in [9.17, 15) is 5.11 Å². The van der Waals surface area contributed by atoms with E-state index in [1.165, 1.54) is 38.5 Å². The van der Waals surface area contributed by atoms with Gasteiger partial charge < -0.3 is 14.6 Å². The van der Waals surface area contributed by atoms with Crippen LogP contribution in [0.2, 0.25) is 0 Å². The van der Waals surface area contributed by atoms with Gasteiger partial charge >= 0.3 is 0 Å². The molecular formula is C21H36O3. The third-order valence-electron chi connectivity index (χ3n) is 7.06. The van der Waals surface area contributed by atoms with Crippen LogP contribution in [0.3, 0.4) is 0 Å². The van der Waals surface area contributed by atoms with E-state index in [4.69, 9.17) is 9.47 Å². The van der Waals surface area contributed by atoms with Crippen molar-refractivity contribution in [3.05, 3.63) is 11.6 Å². The standard InChI is InChI=1S/C21H36O3/c1-5-9-16-14(3)17-10-7-8-11-18(17)19(15(16)6-2)12-24-21(4)13-23-20(21)22/h10,14-16,18-20,22H,5-9,11-13H2,1-4H3. The Morgan fingerprint density at radius 3 is 2.67 bits per heavy atom. The lowest BCUT2D eigenvalue weighted by molar-refractivity contribution is -0.332. The monoisotopic (exact) mass is 336 g/mol. The molecule has 0 spiro atoms. The largest absolute Gasteiger partial charge is 0.367 e. The Balaban J connectivity index is 1.79. The van der Waals surface area contributed by atoms with Crippen molar-refractivity contribution in [2.24, 2.45) is 29.6 Å². The van der Waals surface area contributed by atoms with Crippen LogP contribution in [0, 0.1) is 29.6 Å². The van der Waals surface area contributed by atoms with Crippen molar-refractivity contribution < 1.29 is 14.6 Å². The van der Waals surface area contributed by atoms with Crippen molar-refractivity contribution >= 4 is 0 Å². The van der Waals surface area contributed by atoms with Gasteiger partial charge in [-0.05, 0) is 62.2 Å². The fraction of sp³-hybridized carbons (Fsp3) is 0.905. The molecule has 1 heterocycles. The molecule has 0 bridgehead atoms. The van der Waals surface area contributed by atoms with Crippen molar-refractivity contribution in [3.8, 4) is 0 Å². The molecule has 3 nitrogen and oxygen atoms in total. The number of aliphatic hydroxyl groups is 1. The number of fused-ring (bicyclic) bond motifs is 1. The summed E-state index contributed by atoms with van der Waals surface area (Å²) in [5.74, 6) is 3.53. The Morgan fingerprint density at radius 2 is 2.08 bits per heavy atom. The molecule has 0 amide bonds. The van der Waals surface area contributed by atoms with Crippen LogP contribution in [-0.4, -0.2) is 30.2 Å². The predicted molar refractivity (Wildman–Crippen MR) is 96.6 cm³/mol. The summed E-state index contributed by atoms with van der Waals surface area (Å²) < 4.78 is 11.4. The summed E-state index contributed by atoms with van der Waals surface area (Å²) in [6.45, 7) is 10.4. The maximum absolute atomic E-state index is 9.87. The smallest absolute Gasteiger partial charge is 0.186 e. The van der Waals surface area contributed by atoms with Crippen molar-refractivity contribution in [1.82, 2.24) is 0 Å². The minimum Gasteiger partial charge on any atom is -0.367 e. The topological polar surface area (TPSA) is 38.7 Å². The molecule has 1 aliphatic heterocycles. The zero-order valence-corrected chi connectivity index (χ0v) is 16.0. The molecule has 1 saturated carbocycles. The Hall–Kier alpha value is -0.380. The second kappa shape index (κ2) is 7.47. The van der Waals surface area contributed by atoms with E-state index in [1.54, 1.807) is 5.57 Å². The number of aliphatic hydroxyl groups excluding tert-OH is 1. The molecule has 0 aromatic carbocycles. The van der Waals surface area contributed by atoms with Crippen LogP contribution in [0.25, 0.3) is 0 Å². The molecule has 2 fully saturated rings. The Morgan fingerprint density at radius 1 is 1.29 bits per heavy atom. The highest BCUT2D eigenvalue weighted by Crippen LogP contribution is 2.52. The first-order valence-corrected chi connectivity index (χ1v) is 10.1. The number of allylic oxidation sites excluding steroid dienone is 2. The van der Waals surface area contributed by atoms with E-state index in [-0.39, 0.29) is 0 Å². The number of hydrogen-bond donors (Lipinski definition) is 1. The number of rotatable bonds is 6. The molecule has 3 rings (SSSR count). The highest BCUT2D eigenvalue weighted by atomic mass is 16.7. The quantitative estimate of drug-likeness (QED) is 0.724. The lowest BCUT2D eigenvalue weighted by atomic mass is 9.56. The van der Waals surface area contributed by atoms with Crippen LogP contribution in [0.1, 0.15) is 66.2 Å². The normalized spacial score (nSPS) is 45.3. The van der Waals surface area contributed by atoms with Crippen LogP contribution in [0.4, 0.5) is 0 Å². The Kier molecular flexibility index (Phi) is 5.73. The van der Waals surface area contributed by atoms with E-state index in [0.717, 1.165) is 24.4 Å². The molecule has 24 heavy (non-hydrogen) atoms. The van der Waals surface area contributed by atoms with E-state index < -0.39 is 11.9 Å². The Bertz CT molecular complexity index is 460. The molecule has 1 N–H and O–H groups in total.